The van der Waals surface area contributed by atoms with Crippen LogP contribution in [-0.4, -0.2) is 18.0 Å². The molecule has 0 amide bonds. The third-order valence-electron chi connectivity index (χ3n) is 8.12. The molecule has 7 aromatic rings. The van der Waals surface area contributed by atoms with Gasteiger partial charge in [-0.15, -0.1) is 59.7 Å². The van der Waals surface area contributed by atoms with Gasteiger partial charge in [0.1, 0.15) is 0 Å². The van der Waals surface area contributed by atoms with Crippen LogP contribution in [0.5, 0.6) is 0 Å². The Hall–Kier alpha value is -3.73. The largest absolute Gasteiger partial charge is 0.305 e. The molecule has 0 aliphatic rings. The Morgan fingerprint density at radius 3 is 2.23 bits per heavy atom. The number of hydrogen-bond donors (Lipinski definition) is 0. The summed E-state index contributed by atoms with van der Waals surface area (Å²) in [5.41, 5.74) is 9.40. The van der Waals surface area contributed by atoms with Gasteiger partial charge in [-0.3, -0.25) is 0 Å². The quantitative estimate of drug-likeness (QED) is 0.123. The molecule has 4 aromatic carbocycles. The maximum Gasteiger partial charge on any atom is 0.0798 e. The molecule has 239 valence electrons. The Kier molecular flexibility index (Phi) is 11.0. The van der Waals surface area contributed by atoms with Crippen LogP contribution in [-0.2, 0) is 26.5 Å². The summed E-state index contributed by atoms with van der Waals surface area (Å²) in [6.45, 7) is 13.8. The van der Waals surface area contributed by atoms with E-state index < -0.39 is 8.07 Å². The second-order valence-corrected chi connectivity index (χ2v) is 19.4. The molecule has 0 spiro atoms. The van der Waals surface area contributed by atoms with Crippen LogP contribution >= 0.6 is 11.3 Å². The van der Waals surface area contributed by atoms with Crippen molar-refractivity contribution in [1.29, 1.82) is 0 Å². The average Bonchev–Trinajstić information content (AvgIpc) is 3.43. The molecule has 0 unspecified atom stereocenters. The van der Waals surface area contributed by atoms with Crippen molar-refractivity contribution < 1.29 is 20.1 Å². The van der Waals surface area contributed by atoms with E-state index in [-0.39, 0.29) is 20.1 Å². The Labute approximate surface area is 298 Å². The molecule has 0 bridgehead atoms. The average molecular weight is 825 g/mol. The smallest absolute Gasteiger partial charge is 0.0798 e. The van der Waals surface area contributed by atoms with Gasteiger partial charge in [-0.2, -0.15) is 11.3 Å². The van der Waals surface area contributed by atoms with Crippen LogP contribution in [0.4, 0.5) is 0 Å². The van der Waals surface area contributed by atoms with Crippen LogP contribution < -0.4 is 5.19 Å². The molecule has 3 aromatic heterocycles. The zero-order valence-corrected chi connectivity index (χ0v) is 32.1. The summed E-state index contributed by atoms with van der Waals surface area (Å²) >= 11 is 1.83. The van der Waals surface area contributed by atoms with Crippen molar-refractivity contribution >= 4 is 44.8 Å². The first-order valence-corrected chi connectivity index (χ1v) is 20.3. The molecule has 7 rings (SSSR count). The van der Waals surface area contributed by atoms with Gasteiger partial charge >= 0.3 is 0 Å². The van der Waals surface area contributed by atoms with Crippen LogP contribution in [0.3, 0.4) is 0 Å². The fraction of sp³-hybridized carbons (Fsp3) is 0.190. The molecule has 0 saturated carbocycles. The molecule has 47 heavy (non-hydrogen) atoms. The predicted molar refractivity (Wildman–Crippen MR) is 202 cm³/mol. The summed E-state index contributed by atoms with van der Waals surface area (Å²) < 4.78 is 2.56. The van der Waals surface area contributed by atoms with Crippen molar-refractivity contribution in [3.05, 3.63) is 139 Å². The number of fused-ring (bicyclic) bond motifs is 3. The molecule has 0 aliphatic carbocycles. The van der Waals surface area contributed by atoms with Crippen LogP contribution in [0.2, 0.25) is 19.6 Å². The third kappa shape index (κ3) is 8.05. The minimum absolute atomic E-state index is 0. The summed E-state index contributed by atoms with van der Waals surface area (Å²) in [5, 5.41) is 4.07. The normalized spacial score (nSPS) is 11.3. The topological polar surface area (TPSA) is 25.8 Å². The molecular weight excluding hydrogens is 785 g/mol. The van der Waals surface area contributed by atoms with Gasteiger partial charge in [0, 0.05) is 37.2 Å². The first-order valence-electron chi connectivity index (χ1n) is 16.0. The number of pyridine rings is 2. The monoisotopic (exact) mass is 825 g/mol. The van der Waals surface area contributed by atoms with Crippen molar-refractivity contribution in [3.63, 3.8) is 0 Å². The maximum absolute atomic E-state index is 4.69. The van der Waals surface area contributed by atoms with E-state index in [4.69, 9.17) is 0 Å². The minimum Gasteiger partial charge on any atom is -0.305 e. The Morgan fingerprint density at radius 1 is 0.745 bits per heavy atom. The first-order chi connectivity index (χ1) is 22.2. The van der Waals surface area contributed by atoms with Crippen LogP contribution in [0, 0.1) is 25.0 Å². The zero-order chi connectivity index (χ0) is 32.3. The van der Waals surface area contributed by atoms with Gasteiger partial charge in [0.25, 0.3) is 0 Å². The molecule has 0 fully saturated rings. The molecule has 1 radical (unpaired) electrons. The predicted octanol–water partition coefficient (Wildman–Crippen LogP) is 11.2. The van der Waals surface area contributed by atoms with E-state index in [1.807, 2.05) is 47.9 Å². The second-order valence-electron chi connectivity index (χ2n) is 13.3. The standard InChI is InChI=1S/C24H16NS.C18H24NSi.Ir/c1-16-12-13-25-22(14-16)21-9-5-8-20-19-11-10-18(15-23(19)26-24(20)21)17-6-3-2-4-7-17;1-14(2)11-16-12-17(15-9-7-6-8-10-15)19-13-18(16)20(3,4)5;/h2-8,10-15H,1H3;6-9,12-14H,11H2,1-5H3;/q2*-1;. The number of benzene rings is 4. The van der Waals surface area contributed by atoms with E-state index in [9.17, 15) is 0 Å². The number of aromatic nitrogens is 2. The van der Waals surface area contributed by atoms with Gasteiger partial charge in [-0.05, 0) is 69.2 Å². The van der Waals surface area contributed by atoms with Crippen molar-refractivity contribution in [3.8, 4) is 33.6 Å². The number of hydrogen-bond acceptors (Lipinski definition) is 3. The minimum atomic E-state index is -1.34. The summed E-state index contributed by atoms with van der Waals surface area (Å²) in [6, 6.07) is 42.6. The molecule has 3 heterocycles. The number of rotatable bonds is 6. The zero-order valence-electron chi connectivity index (χ0n) is 27.9. The van der Waals surface area contributed by atoms with Gasteiger partial charge < -0.3 is 9.97 Å². The summed E-state index contributed by atoms with van der Waals surface area (Å²) in [5.74, 6) is 0.667. The number of nitrogens with zero attached hydrogens (tertiary/aromatic N) is 2. The molecule has 2 nitrogen and oxygen atoms in total. The van der Waals surface area contributed by atoms with Gasteiger partial charge in [0.15, 0.2) is 0 Å². The molecule has 0 N–H and O–H groups in total. The SMILES string of the molecule is CC(C)Cc1cc(-c2[c-]cccc2)ncc1[Si](C)(C)C.Cc1ccnc(-c2[c-]ccc3c2sc2cc(-c4ccccc4)ccc23)c1.[Ir]. The van der Waals surface area contributed by atoms with Crippen molar-refractivity contribution in [2.24, 2.45) is 5.92 Å². The second kappa shape index (κ2) is 15.0. The molecule has 0 saturated heterocycles. The van der Waals surface area contributed by atoms with E-state index in [0.717, 1.165) is 28.9 Å². The molecule has 0 atom stereocenters. The summed E-state index contributed by atoms with van der Waals surface area (Å²) in [7, 11) is -1.34. The van der Waals surface area contributed by atoms with E-state index in [0.29, 0.717) is 5.92 Å². The van der Waals surface area contributed by atoms with Gasteiger partial charge in [-0.1, -0.05) is 105 Å². The fourth-order valence-corrected chi connectivity index (χ4v) is 8.73. The molecule has 5 heteroatoms. The van der Waals surface area contributed by atoms with E-state index in [1.54, 1.807) is 0 Å². The Balaban J connectivity index is 0.000000188. The first kappa shape index (κ1) is 34.6. The summed E-state index contributed by atoms with van der Waals surface area (Å²) in [4.78, 5) is 9.26. The van der Waals surface area contributed by atoms with Gasteiger partial charge in [0.05, 0.1) is 8.07 Å². The van der Waals surface area contributed by atoms with Gasteiger partial charge in [0.2, 0.25) is 0 Å². The number of aryl methyl sites for hydroxylation is 1. The van der Waals surface area contributed by atoms with Crippen molar-refractivity contribution in [2.45, 2.75) is 46.8 Å². The van der Waals surface area contributed by atoms with Crippen LogP contribution in [0.1, 0.15) is 25.0 Å². The summed E-state index contributed by atoms with van der Waals surface area (Å²) in [6.07, 6.45) is 5.11. The maximum atomic E-state index is 4.69. The van der Waals surface area contributed by atoms with E-state index >= 15 is 0 Å². The van der Waals surface area contributed by atoms with Crippen molar-refractivity contribution in [1.82, 2.24) is 9.97 Å². The van der Waals surface area contributed by atoms with Crippen LogP contribution in [0.15, 0.2) is 116 Å². The molecular formula is C42H40IrN2SSi-2. The van der Waals surface area contributed by atoms with E-state index in [2.05, 4.69) is 142 Å². The number of thiophene rings is 1. The third-order valence-corrected chi connectivity index (χ3v) is 11.4. The van der Waals surface area contributed by atoms with Gasteiger partial charge in [-0.25, -0.2) is 0 Å². The Bertz CT molecular complexity index is 2100. The van der Waals surface area contributed by atoms with Crippen LogP contribution in [0.25, 0.3) is 53.8 Å². The van der Waals surface area contributed by atoms with Crippen molar-refractivity contribution in [2.75, 3.05) is 0 Å². The molecule has 0 aliphatic heterocycles. The fourth-order valence-electron chi connectivity index (χ4n) is 5.90. The van der Waals surface area contributed by atoms with E-state index in [1.165, 1.54) is 47.6 Å². The Morgan fingerprint density at radius 2 is 1.53 bits per heavy atom.